The van der Waals surface area contributed by atoms with Crippen LogP contribution in [0.1, 0.15) is 30.1 Å². The van der Waals surface area contributed by atoms with Gasteiger partial charge in [0.05, 0.1) is 4.90 Å². The molecule has 1 fully saturated rings. The van der Waals surface area contributed by atoms with Crippen molar-refractivity contribution in [2.75, 3.05) is 13.1 Å². The molecule has 8 heteroatoms. The highest BCUT2D eigenvalue weighted by atomic mass is 35.5. The number of halogens is 1. The minimum absolute atomic E-state index is 0. The summed E-state index contributed by atoms with van der Waals surface area (Å²) in [7, 11) is -3.51. The van der Waals surface area contributed by atoms with Gasteiger partial charge in [0.2, 0.25) is 15.9 Å². The number of primary amides is 1. The van der Waals surface area contributed by atoms with E-state index in [1.54, 1.807) is 0 Å². The Bertz CT molecular complexity index is 609. The van der Waals surface area contributed by atoms with Gasteiger partial charge in [-0.15, -0.1) is 12.4 Å². The summed E-state index contributed by atoms with van der Waals surface area (Å²) in [6, 6.07) is 5.80. The number of hydrogen-bond acceptors (Lipinski definition) is 4. The smallest absolute Gasteiger partial charge is 0.248 e. The molecule has 0 spiro atoms. The summed E-state index contributed by atoms with van der Waals surface area (Å²) in [6.45, 7) is 2.91. The summed E-state index contributed by atoms with van der Waals surface area (Å²) in [4.78, 5) is 11.2. The van der Waals surface area contributed by atoms with Crippen LogP contribution in [-0.2, 0) is 10.0 Å². The van der Waals surface area contributed by atoms with Crippen molar-refractivity contribution >= 4 is 28.3 Å². The molecule has 0 radical (unpaired) electrons. The number of carbonyl (C=O) groups excluding carboxylic acids is 1. The summed E-state index contributed by atoms with van der Waals surface area (Å²) < 4.78 is 26.5. The van der Waals surface area contributed by atoms with Crippen LogP contribution in [0, 0.1) is 5.92 Å². The molecular weight excluding hydrogens is 326 g/mol. The van der Waals surface area contributed by atoms with Gasteiger partial charge < -0.3 is 11.5 Å². The van der Waals surface area contributed by atoms with Gasteiger partial charge in [0.15, 0.2) is 0 Å². The first kappa shape index (κ1) is 18.9. The summed E-state index contributed by atoms with van der Waals surface area (Å²) in [5.41, 5.74) is 11.3. The first-order valence-corrected chi connectivity index (χ1v) is 8.42. The molecule has 1 saturated heterocycles. The first-order chi connectivity index (χ1) is 9.82. The second-order valence-corrected chi connectivity index (χ2v) is 7.43. The number of nitrogens with zero attached hydrogens (tertiary/aromatic N) is 1. The Hall–Kier alpha value is -1.15. The fourth-order valence-electron chi connectivity index (χ4n) is 2.58. The molecule has 6 nitrogen and oxygen atoms in total. The van der Waals surface area contributed by atoms with E-state index in [1.807, 2.05) is 6.92 Å². The third-order valence-electron chi connectivity index (χ3n) is 4.02. The molecule has 1 aromatic carbocycles. The van der Waals surface area contributed by atoms with Gasteiger partial charge in [-0.25, -0.2) is 8.42 Å². The van der Waals surface area contributed by atoms with Crippen LogP contribution in [0.5, 0.6) is 0 Å². The van der Waals surface area contributed by atoms with Gasteiger partial charge in [0.1, 0.15) is 0 Å². The molecule has 0 bridgehead atoms. The van der Waals surface area contributed by atoms with Crippen molar-refractivity contribution in [3.05, 3.63) is 29.8 Å². The van der Waals surface area contributed by atoms with Crippen LogP contribution in [0.3, 0.4) is 0 Å². The average molecular weight is 348 g/mol. The quantitative estimate of drug-likeness (QED) is 0.845. The van der Waals surface area contributed by atoms with Crippen LogP contribution in [0.4, 0.5) is 0 Å². The van der Waals surface area contributed by atoms with E-state index >= 15 is 0 Å². The van der Waals surface area contributed by atoms with Crippen molar-refractivity contribution in [1.82, 2.24) is 4.31 Å². The molecule has 22 heavy (non-hydrogen) atoms. The highest BCUT2D eigenvalue weighted by Crippen LogP contribution is 2.25. The van der Waals surface area contributed by atoms with Gasteiger partial charge in [-0.05, 0) is 49.9 Å². The Balaban J connectivity index is 0.00000242. The lowest BCUT2D eigenvalue weighted by Crippen LogP contribution is -2.42. The second-order valence-electron chi connectivity index (χ2n) is 5.49. The topological polar surface area (TPSA) is 106 Å². The molecule has 1 aromatic rings. The molecule has 0 aliphatic carbocycles. The highest BCUT2D eigenvalue weighted by molar-refractivity contribution is 7.89. The van der Waals surface area contributed by atoms with Gasteiger partial charge in [0, 0.05) is 24.7 Å². The molecule has 4 N–H and O–H groups in total. The molecule has 1 unspecified atom stereocenters. The van der Waals surface area contributed by atoms with E-state index < -0.39 is 15.9 Å². The standard InChI is InChI=1S/C14H21N3O3S.ClH/c1-10(15)11-6-8-17(9-7-11)21(19,20)13-4-2-12(3-5-13)14(16)18;/h2-5,10-11H,6-9,15H2,1H3,(H2,16,18);1H. The number of hydrogen-bond donors (Lipinski definition) is 2. The van der Waals surface area contributed by atoms with Crippen LogP contribution in [0.2, 0.25) is 0 Å². The zero-order valence-corrected chi connectivity index (χ0v) is 14.1. The average Bonchev–Trinajstić information content (AvgIpc) is 2.47. The van der Waals surface area contributed by atoms with Crippen LogP contribution in [0.15, 0.2) is 29.2 Å². The molecule has 1 aliphatic rings. The lowest BCUT2D eigenvalue weighted by molar-refractivity contribution is 0.1000. The van der Waals surface area contributed by atoms with Gasteiger partial charge in [-0.3, -0.25) is 4.79 Å². The molecule has 1 atom stereocenters. The fraction of sp³-hybridized carbons (Fsp3) is 0.500. The van der Waals surface area contributed by atoms with Gasteiger partial charge in [0.25, 0.3) is 0 Å². The Morgan fingerprint density at radius 2 is 1.73 bits per heavy atom. The first-order valence-electron chi connectivity index (χ1n) is 6.98. The predicted octanol–water partition coefficient (Wildman–Crippen LogP) is 0.955. The molecule has 0 aromatic heterocycles. The summed E-state index contributed by atoms with van der Waals surface area (Å²) in [5, 5.41) is 0. The van der Waals surface area contributed by atoms with E-state index in [-0.39, 0.29) is 23.3 Å². The molecule has 1 amide bonds. The Kier molecular flexibility index (Phi) is 6.37. The fourth-order valence-corrected chi connectivity index (χ4v) is 4.05. The number of sulfonamides is 1. The molecule has 124 valence electrons. The van der Waals surface area contributed by atoms with Crippen molar-refractivity contribution in [3.63, 3.8) is 0 Å². The third-order valence-corrected chi connectivity index (χ3v) is 5.93. The van der Waals surface area contributed by atoms with E-state index in [1.165, 1.54) is 28.6 Å². The predicted molar refractivity (Wildman–Crippen MR) is 87.3 cm³/mol. The number of amides is 1. The van der Waals surface area contributed by atoms with E-state index in [9.17, 15) is 13.2 Å². The minimum atomic E-state index is -3.51. The van der Waals surface area contributed by atoms with Gasteiger partial charge in [-0.2, -0.15) is 4.31 Å². The maximum absolute atomic E-state index is 12.5. The molecular formula is C14H22ClN3O3S. The molecule has 1 aliphatic heterocycles. The number of carbonyl (C=O) groups is 1. The van der Waals surface area contributed by atoms with E-state index in [2.05, 4.69) is 0 Å². The Morgan fingerprint density at radius 1 is 1.23 bits per heavy atom. The van der Waals surface area contributed by atoms with Crippen molar-refractivity contribution in [1.29, 1.82) is 0 Å². The summed E-state index contributed by atoms with van der Waals surface area (Å²) in [6.07, 6.45) is 1.55. The SMILES string of the molecule is CC(N)C1CCN(S(=O)(=O)c2ccc(C(N)=O)cc2)CC1.Cl. The lowest BCUT2D eigenvalue weighted by atomic mass is 9.92. The van der Waals surface area contributed by atoms with Gasteiger partial charge >= 0.3 is 0 Å². The minimum Gasteiger partial charge on any atom is -0.366 e. The van der Waals surface area contributed by atoms with Crippen LogP contribution < -0.4 is 11.5 Å². The van der Waals surface area contributed by atoms with Crippen LogP contribution in [-0.4, -0.2) is 37.8 Å². The zero-order chi connectivity index (χ0) is 15.6. The molecule has 1 heterocycles. The number of nitrogens with two attached hydrogens (primary N) is 2. The van der Waals surface area contributed by atoms with Crippen LogP contribution >= 0.6 is 12.4 Å². The Morgan fingerprint density at radius 3 is 2.14 bits per heavy atom. The number of benzene rings is 1. The van der Waals surface area contributed by atoms with Crippen molar-refractivity contribution in [2.45, 2.75) is 30.7 Å². The van der Waals surface area contributed by atoms with Crippen molar-refractivity contribution in [3.8, 4) is 0 Å². The third kappa shape index (κ3) is 3.98. The summed E-state index contributed by atoms with van der Waals surface area (Å²) in [5.74, 6) is -0.203. The summed E-state index contributed by atoms with van der Waals surface area (Å²) >= 11 is 0. The largest absolute Gasteiger partial charge is 0.366 e. The normalized spacial score (nSPS) is 18.5. The highest BCUT2D eigenvalue weighted by Gasteiger charge is 2.30. The van der Waals surface area contributed by atoms with Crippen molar-refractivity contribution in [2.24, 2.45) is 17.4 Å². The van der Waals surface area contributed by atoms with E-state index in [0.29, 0.717) is 24.6 Å². The van der Waals surface area contributed by atoms with Gasteiger partial charge in [-0.1, -0.05) is 0 Å². The maximum Gasteiger partial charge on any atom is 0.248 e. The van der Waals surface area contributed by atoms with Crippen LogP contribution in [0.25, 0.3) is 0 Å². The lowest BCUT2D eigenvalue weighted by Gasteiger charge is -2.32. The number of rotatable bonds is 4. The maximum atomic E-state index is 12.5. The molecule has 2 rings (SSSR count). The monoisotopic (exact) mass is 347 g/mol. The Labute approximate surface area is 137 Å². The van der Waals surface area contributed by atoms with E-state index in [4.69, 9.17) is 11.5 Å². The number of piperidine rings is 1. The van der Waals surface area contributed by atoms with Crippen molar-refractivity contribution < 1.29 is 13.2 Å². The zero-order valence-electron chi connectivity index (χ0n) is 12.4. The molecule has 0 saturated carbocycles. The second kappa shape index (κ2) is 7.41. The van der Waals surface area contributed by atoms with E-state index in [0.717, 1.165) is 12.8 Å².